The van der Waals surface area contributed by atoms with E-state index >= 15 is 0 Å². The Bertz CT molecular complexity index is 202. The molecule has 0 spiro atoms. The van der Waals surface area contributed by atoms with E-state index in [0.717, 1.165) is 11.8 Å². The van der Waals surface area contributed by atoms with Crippen LogP contribution in [0.2, 0.25) is 0 Å². The van der Waals surface area contributed by atoms with Gasteiger partial charge in [0.15, 0.2) is 0 Å². The van der Waals surface area contributed by atoms with Crippen molar-refractivity contribution in [1.29, 1.82) is 0 Å². The lowest BCUT2D eigenvalue weighted by molar-refractivity contribution is 0.757. The maximum atomic E-state index is 2.34. The molecule has 0 aromatic heterocycles. The first kappa shape index (κ1) is 19.8. The van der Waals surface area contributed by atoms with E-state index in [1.54, 1.807) is 0 Å². The van der Waals surface area contributed by atoms with E-state index in [2.05, 4.69) is 67.5 Å². The number of hydrogen-bond acceptors (Lipinski definition) is 0. The number of allylic oxidation sites excluding steroid dienone is 4. The van der Waals surface area contributed by atoms with Crippen molar-refractivity contribution < 1.29 is 0 Å². The fourth-order valence-electron chi connectivity index (χ4n) is 1.22. The van der Waals surface area contributed by atoms with Gasteiger partial charge in [-0.25, -0.2) is 0 Å². The Morgan fingerprint density at radius 3 is 1.17 bits per heavy atom. The van der Waals surface area contributed by atoms with Gasteiger partial charge in [-0.3, -0.25) is 0 Å². The van der Waals surface area contributed by atoms with Crippen LogP contribution in [-0.4, -0.2) is 0 Å². The van der Waals surface area contributed by atoms with Gasteiger partial charge in [-0.05, 0) is 38.5 Å². The highest BCUT2D eigenvalue weighted by molar-refractivity contribution is 5.00. The summed E-state index contributed by atoms with van der Waals surface area (Å²) in [6.07, 6.45) is 9.69. The quantitative estimate of drug-likeness (QED) is 0.457. The highest BCUT2D eigenvalue weighted by atomic mass is 14.0. The summed E-state index contributed by atoms with van der Waals surface area (Å²) in [6.45, 7) is 17.8. The fraction of sp³-hybridized carbons (Fsp3) is 0.778. The molecule has 0 aromatic carbocycles. The van der Waals surface area contributed by atoms with E-state index in [1.807, 2.05) is 0 Å². The Labute approximate surface area is 117 Å². The molecule has 18 heavy (non-hydrogen) atoms. The van der Waals surface area contributed by atoms with Gasteiger partial charge < -0.3 is 0 Å². The molecule has 0 saturated carbocycles. The topological polar surface area (TPSA) is 0 Å². The molecule has 0 aromatic rings. The third-order valence-electron chi connectivity index (χ3n) is 3.33. The van der Waals surface area contributed by atoms with Crippen LogP contribution in [0.1, 0.15) is 81.1 Å². The van der Waals surface area contributed by atoms with E-state index in [0.29, 0.717) is 0 Å². The van der Waals surface area contributed by atoms with Crippen LogP contribution in [0.25, 0.3) is 0 Å². The minimum absolute atomic E-state index is 0.733. The normalized spacial score (nSPS) is 12.8. The van der Waals surface area contributed by atoms with Crippen molar-refractivity contribution in [3.05, 3.63) is 23.3 Å². The van der Waals surface area contributed by atoms with Gasteiger partial charge in [0.1, 0.15) is 0 Å². The largest absolute Gasteiger partial charge is 0.0854 e. The second-order valence-corrected chi connectivity index (χ2v) is 5.78. The predicted octanol–water partition coefficient (Wildman–Crippen LogP) is 6.78. The lowest BCUT2D eigenvalue weighted by atomic mass is 10.0. The number of rotatable bonds is 6. The van der Waals surface area contributed by atoms with Gasteiger partial charge in [-0.2, -0.15) is 0 Å². The average molecular weight is 252 g/mol. The summed E-state index contributed by atoms with van der Waals surface area (Å²) in [6, 6.07) is 0. The number of unbranched alkanes of at least 4 members (excludes halogenated alkanes) is 2. The molecule has 0 bridgehead atoms. The van der Waals surface area contributed by atoms with E-state index in [4.69, 9.17) is 0 Å². The van der Waals surface area contributed by atoms with Crippen molar-refractivity contribution in [2.45, 2.75) is 81.1 Å². The van der Waals surface area contributed by atoms with Crippen LogP contribution in [0.5, 0.6) is 0 Å². The zero-order valence-electron chi connectivity index (χ0n) is 14.1. The first-order valence-electron chi connectivity index (χ1n) is 7.69. The second-order valence-electron chi connectivity index (χ2n) is 5.78. The SMILES string of the molecule is CCC/C=C(/C)C(C)C.CCC/C=C(\C)C(C)C. The summed E-state index contributed by atoms with van der Waals surface area (Å²) in [5.41, 5.74) is 3.05. The van der Waals surface area contributed by atoms with E-state index in [9.17, 15) is 0 Å². The zero-order chi connectivity index (χ0) is 14.6. The van der Waals surface area contributed by atoms with Crippen molar-refractivity contribution in [2.24, 2.45) is 11.8 Å². The highest BCUT2D eigenvalue weighted by Crippen LogP contribution is 2.09. The molecule has 0 amide bonds. The average Bonchev–Trinajstić information content (AvgIpc) is 2.33. The van der Waals surface area contributed by atoms with Gasteiger partial charge in [0.05, 0.1) is 0 Å². The van der Waals surface area contributed by atoms with E-state index in [-0.39, 0.29) is 0 Å². The molecular weight excluding hydrogens is 216 g/mol. The zero-order valence-corrected chi connectivity index (χ0v) is 14.1. The molecule has 0 aliphatic rings. The standard InChI is InChI=1S/2C9H18/c2*1-5-6-7-9(4)8(2)3/h2*7-8H,5-6H2,1-4H3/b9-7+;9-7-. The second kappa shape index (κ2) is 12.9. The van der Waals surface area contributed by atoms with Crippen molar-refractivity contribution in [3.8, 4) is 0 Å². The maximum absolute atomic E-state index is 2.34. The Kier molecular flexibility index (Phi) is 14.2. The summed E-state index contributed by atoms with van der Waals surface area (Å²) >= 11 is 0. The van der Waals surface area contributed by atoms with Crippen LogP contribution in [0.4, 0.5) is 0 Å². The third-order valence-corrected chi connectivity index (χ3v) is 3.33. The summed E-state index contributed by atoms with van der Waals surface area (Å²) in [7, 11) is 0. The van der Waals surface area contributed by atoms with Crippen LogP contribution in [-0.2, 0) is 0 Å². The maximum Gasteiger partial charge on any atom is -0.0263 e. The number of hydrogen-bond donors (Lipinski definition) is 0. The van der Waals surface area contributed by atoms with Crippen molar-refractivity contribution in [2.75, 3.05) is 0 Å². The molecule has 108 valence electrons. The van der Waals surface area contributed by atoms with Crippen LogP contribution >= 0.6 is 0 Å². The van der Waals surface area contributed by atoms with Crippen LogP contribution in [0, 0.1) is 11.8 Å². The smallest absolute Gasteiger partial charge is 0.0263 e. The molecule has 0 N–H and O–H groups in total. The molecule has 0 aliphatic heterocycles. The minimum Gasteiger partial charge on any atom is -0.0854 e. The molecule has 0 heteroatoms. The van der Waals surface area contributed by atoms with Crippen LogP contribution < -0.4 is 0 Å². The van der Waals surface area contributed by atoms with E-state index < -0.39 is 0 Å². The molecule has 0 radical (unpaired) electrons. The first-order valence-corrected chi connectivity index (χ1v) is 7.69. The molecule has 0 rings (SSSR count). The molecule has 0 nitrogen and oxygen atoms in total. The Balaban J connectivity index is 0. The van der Waals surface area contributed by atoms with Gasteiger partial charge >= 0.3 is 0 Å². The summed E-state index contributed by atoms with van der Waals surface area (Å²) in [4.78, 5) is 0. The molecule has 0 aliphatic carbocycles. The van der Waals surface area contributed by atoms with Gasteiger partial charge in [-0.15, -0.1) is 0 Å². The third kappa shape index (κ3) is 13.5. The van der Waals surface area contributed by atoms with Gasteiger partial charge in [-0.1, -0.05) is 77.7 Å². The predicted molar refractivity (Wildman–Crippen MR) is 87.0 cm³/mol. The molecule has 0 heterocycles. The first-order chi connectivity index (χ1) is 8.36. The lowest BCUT2D eigenvalue weighted by Gasteiger charge is -2.02. The summed E-state index contributed by atoms with van der Waals surface area (Å²) < 4.78 is 0. The Morgan fingerprint density at radius 2 is 1.00 bits per heavy atom. The Morgan fingerprint density at radius 1 is 0.722 bits per heavy atom. The monoisotopic (exact) mass is 252 g/mol. The van der Waals surface area contributed by atoms with Crippen molar-refractivity contribution in [3.63, 3.8) is 0 Å². The van der Waals surface area contributed by atoms with Gasteiger partial charge in [0.2, 0.25) is 0 Å². The minimum atomic E-state index is 0.733. The fourth-order valence-corrected chi connectivity index (χ4v) is 1.22. The summed E-state index contributed by atoms with van der Waals surface area (Å²) in [5.74, 6) is 1.47. The van der Waals surface area contributed by atoms with Crippen LogP contribution in [0.15, 0.2) is 23.3 Å². The Hall–Kier alpha value is -0.520. The molecule has 0 unspecified atom stereocenters. The van der Waals surface area contributed by atoms with Crippen molar-refractivity contribution >= 4 is 0 Å². The highest BCUT2D eigenvalue weighted by Gasteiger charge is 1.93. The molecule has 0 saturated heterocycles. The molecule has 0 fully saturated rings. The molecule has 0 atom stereocenters. The molecular formula is C18H36. The van der Waals surface area contributed by atoms with Gasteiger partial charge in [0, 0.05) is 0 Å². The lowest BCUT2D eigenvalue weighted by Crippen LogP contribution is -1.87. The van der Waals surface area contributed by atoms with Crippen LogP contribution in [0.3, 0.4) is 0 Å². The van der Waals surface area contributed by atoms with Gasteiger partial charge in [0.25, 0.3) is 0 Å². The van der Waals surface area contributed by atoms with E-state index in [1.165, 1.54) is 36.8 Å². The summed E-state index contributed by atoms with van der Waals surface area (Å²) in [5, 5.41) is 0. The van der Waals surface area contributed by atoms with Crippen molar-refractivity contribution in [1.82, 2.24) is 0 Å².